The minimum atomic E-state index is -0.0845. The Morgan fingerprint density at radius 2 is 2.12 bits per heavy atom. The van der Waals surface area contributed by atoms with Crippen molar-refractivity contribution in [3.8, 4) is 0 Å². The molecule has 1 fully saturated rings. The van der Waals surface area contributed by atoms with E-state index in [0.717, 1.165) is 19.3 Å². The molecule has 0 radical (unpaired) electrons. The predicted molar refractivity (Wildman–Crippen MR) is 70.4 cm³/mol. The van der Waals surface area contributed by atoms with Crippen LogP contribution in [0.2, 0.25) is 0 Å². The summed E-state index contributed by atoms with van der Waals surface area (Å²) < 4.78 is 0. The van der Waals surface area contributed by atoms with Gasteiger partial charge in [0.1, 0.15) is 6.17 Å². The van der Waals surface area contributed by atoms with Gasteiger partial charge in [-0.2, -0.15) is 0 Å². The number of dihydropyridines is 1. The second-order valence-corrected chi connectivity index (χ2v) is 4.27. The fourth-order valence-electron chi connectivity index (χ4n) is 2.14. The lowest BCUT2D eigenvalue weighted by Crippen LogP contribution is -2.54. The molecule has 0 amide bonds. The van der Waals surface area contributed by atoms with Crippen molar-refractivity contribution in [2.75, 3.05) is 0 Å². The Hall–Kier alpha value is -0.640. The molecule has 1 aliphatic carbocycles. The molecule has 90 valence electrons. The normalized spacial score (nSPS) is 27.9. The van der Waals surface area contributed by atoms with E-state index in [-0.39, 0.29) is 36.6 Å². The lowest BCUT2D eigenvalue weighted by molar-refractivity contribution is 0.185. The minimum Gasteiger partial charge on any atom is -0.368 e. The summed E-state index contributed by atoms with van der Waals surface area (Å²) in [7, 11) is 0. The zero-order chi connectivity index (χ0) is 9.60. The number of nitrogens with one attached hydrogen (secondary N) is 1. The van der Waals surface area contributed by atoms with Crippen LogP contribution in [-0.2, 0) is 0 Å². The first kappa shape index (κ1) is 13.4. The summed E-state index contributed by atoms with van der Waals surface area (Å²) in [6.45, 7) is 0. The maximum atomic E-state index is 6.21. The lowest BCUT2D eigenvalue weighted by atomic mass is 10.0. The van der Waals surface area contributed by atoms with Gasteiger partial charge in [0.2, 0.25) is 0 Å². The highest BCUT2D eigenvalue weighted by Crippen LogP contribution is 2.40. The Morgan fingerprint density at radius 3 is 2.81 bits per heavy atom. The first-order valence-electron chi connectivity index (χ1n) is 5.15. The van der Waals surface area contributed by atoms with Crippen LogP contribution in [0.5, 0.6) is 0 Å². The highest BCUT2D eigenvalue weighted by Gasteiger charge is 2.47. The molecule has 16 heavy (non-hydrogen) atoms. The van der Waals surface area contributed by atoms with Crippen LogP contribution in [0.15, 0.2) is 36.2 Å². The summed E-state index contributed by atoms with van der Waals surface area (Å²) in [6.07, 6.45) is 14.1. The minimum absolute atomic E-state index is 0. The Bertz CT molecular complexity index is 345. The molecule has 0 bridgehead atoms. The van der Waals surface area contributed by atoms with Crippen molar-refractivity contribution >= 4 is 24.8 Å². The van der Waals surface area contributed by atoms with E-state index in [1.165, 1.54) is 5.57 Å². The van der Waals surface area contributed by atoms with Gasteiger partial charge in [0.05, 0.1) is 5.66 Å². The van der Waals surface area contributed by atoms with E-state index in [1.807, 2.05) is 6.20 Å². The maximum Gasteiger partial charge on any atom is 0.123 e. The maximum absolute atomic E-state index is 6.21. The van der Waals surface area contributed by atoms with Gasteiger partial charge < -0.3 is 16.0 Å². The third-order valence-electron chi connectivity index (χ3n) is 3.19. The first-order valence-corrected chi connectivity index (χ1v) is 5.15. The van der Waals surface area contributed by atoms with Crippen LogP contribution in [0.25, 0.3) is 0 Å². The van der Waals surface area contributed by atoms with E-state index < -0.39 is 0 Å². The smallest absolute Gasteiger partial charge is 0.123 e. The molecule has 3 aliphatic rings. The topological polar surface area (TPSA) is 41.3 Å². The summed E-state index contributed by atoms with van der Waals surface area (Å²) in [6, 6.07) is 0. The predicted octanol–water partition coefficient (Wildman–Crippen LogP) is 1.87. The number of fused-ring (bicyclic) bond motifs is 1. The van der Waals surface area contributed by atoms with E-state index in [4.69, 9.17) is 5.73 Å². The van der Waals surface area contributed by atoms with Crippen LogP contribution in [0.1, 0.15) is 19.3 Å². The molecule has 1 unspecified atom stereocenters. The molecule has 2 aliphatic heterocycles. The summed E-state index contributed by atoms with van der Waals surface area (Å²) in [5.41, 5.74) is 7.54. The highest BCUT2D eigenvalue weighted by atomic mass is 35.5. The van der Waals surface area contributed by atoms with Gasteiger partial charge in [-0.15, -0.1) is 24.8 Å². The SMILES string of the molecule is Cl.Cl.NC1(N2C=CCC3=CC=CNC32)CC1. The molecule has 1 atom stereocenters. The number of allylic oxidation sites excluding steroid dienone is 3. The third kappa shape index (κ3) is 2.08. The molecule has 2 heterocycles. The number of rotatable bonds is 1. The van der Waals surface area contributed by atoms with Crippen molar-refractivity contribution in [1.82, 2.24) is 10.2 Å². The molecule has 0 aromatic heterocycles. The van der Waals surface area contributed by atoms with E-state index in [0.29, 0.717) is 0 Å². The monoisotopic (exact) mass is 261 g/mol. The quantitative estimate of drug-likeness (QED) is 0.758. The van der Waals surface area contributed by atoms with Crippen LogP contribution >= 0.6 is 24.8 Å². The summed E-state index contributed by atoms with van der Waals surface area (Å²) >= 11 is 0. The molecule has 3 N–H and O–H groups in total. The summed E-state index contributed by atoms with van der Waals surface area (Å²) in [5, 5.41) is 3.36. The number of hydrogen-bond donors (Lipinski definition) is 2. The molecular weight excluding hydrogens is 245 g/mol. The average molecular weight is 262 g/mol. The zero-order valence-electron chi connectivity index (χ0n) is 8.93. The number of halogens is 2. The van der Waals surface area contributed by atoms with Gasteiger partial charge in [0.15, 0.2) is 0 Å². The van der Waals surface area contributed by atoms with Crippen LogP contribution in [0, 0.1) is 0 Å². The van der Waals surface area contributed by atoms with Gasteiger partial charge in [0, 0.05) is 0 Å². The first-order chi connectivity index (χ1) is 6.80. The summed E-state index contributed by atoms with van der Waals surface area (Å²) in [4.78, 5) is 2.26. The molecular formula is C11H17Cl2N3. The second kappa shape index (κ2) is 4.70. The van der Waals surface area contributed by atoms with E-state index >= 15 is 0 Å². The average Bonchev–Trinajstić information content (AvgIpc) is 2.97. The molecule has 0 spiro atoms. The number of nitrogens with two attached hydrogens (primary N) is 1. The largest absolute Gasteiger partial charge is 0.368 e. The molecule has 3 rings (SSSR count). The van der Waals surface area contributed by atoms with E-state index in [1.54, 1.807) is 0 Å². The molecule has 5 heteroatoms. The second-order valence-electron chi connectivity index (χ2n) is 4.27. The van der Waals surface area contributed by atoms with Crippen molar-refractivity contribution in [3.63, 3.8) is 0 Å². The standard InChI is InChI=1S/C11H15N3.2ClH/c12-11(5-6-11)14-8-2-4-9-3-1-7-13-10(9)14;;/h1-3,7-8,10,13H,4-6,12H2;2*1H. The van der Waals surface area contributed by atoms with Gasteiger partial charge in [-0.3, -0.25) is 0 Å². The molecule has 0 saturated heterocycles. The van der Waals surface area contributed by atoms with Gasteiger partial charge in [-0.05, 0) is 43.3 Å². The number of nitrogens with zero attached hydrogens (tertiary/aromatic N) is 1. The van der Waals surface area contributed by atoms with Crippen LogP contribution < -0.4 is 11.1 Å². The van der Waals surface area contributed by atoms with Gasteiger partial charge in [-0.1, -0.05) is 12.2 Å². The van der Waals surface area contributed by atoms with Crippen molar-refractivity contribution in [2.45, 2.75) is 31.1 Å². The highest BCUT2D eigenvalue weighted by molar-refractivity contribution is 5.85. The molecule has 0 aromatic rings. The van der Waals surface area contributed by atoms with Crippen LogP contribution in [-0.4, -0.2) is 16.7 Å². The van der Waals surface area contributed by atoms with Crippen LogP contribution in [0.3, 0.4) is 0 Å². The van der Waals surface area contributed by atoms with E-state index in [9.17, 15) is 0 Å². The Kier molecular flexibility index (Phi) is 3.94. The zero-order valence-corrected chi connectivity index (χ0v) is 10.6. The van der Waals surface area contributed by atoms with Gasteiger partial charge >= 0.3 is 0 Å². The Balaban J connectivity index is 0.000000640. The lowest BCUT2D eigenvalue weighted by Gasteiger charge is -2.40. The van der Waals surface area contributed by atoms with Crippen LogP contribution in [0.4, 0.5) is 0 Å². The van der Waals surface area contributed by atoms with Crippen molar-refractivity contribution in [3.05, 3.63) is 36.2 Å². The molecule has 3 nitrogen and oxygen atoms in total. The third-order valence-corrected chi connectivity index (χ3v) is 3.19. The van der Waals surface area contributed by atoms with Crippen molar-refractivity contribution in [2.24, 2.45) is 5.73 Å². The Labute approximate surface area is 108 Å². The van der Waals surface area contributed by atoms with E-state index in [2.05, 4.69) is 34.6 Å². The van der Waals surface area contributed by atoms with Gasteiger partial charge in [-0.25, -0.2) is 0 Å². The molecule has 0 aromatic carbocycles. The van der Waals surface area contributed by atoms with Crippen molar-refractivity contribution in [1.29, 1.82) is 0 Å². The summed E-state index contributed by atoms with van der Waals surface area (Å²) in [5.74, 6) is 0. The number of hydrogen-bond acceptors (Lipinski definition) is 3. The Morgan fingerprint density at radius 1 is 1.38 bits per heavy atom. The van der Waals surface area contributed by atoms with Crippen molar-refractivity contribution < 1.29 is 0 Å². The fraction of sp³-hybridized carbons (Fsp3) is 0.455. The fourth-order valence-corrected chi connectivity index (χ4v) is 2.14. The molecule has 1 saturated carbocycles. The van der Waals surface area contributed by atoms with Gasteiger partial charge in [0.25, 0.3) is 0 Å².